The maximum atomic E-state index is 11.5. The van der Waals surface area contributed by atoms with E-state index in [-0.39, 0.29) is 12.5 Å². The Morgan fingerprint density at radius 2 is 1.95 bits per heavy atom. The first-order chi connectivity index (χ1) is 8.93. The predicted molar refractivity (Wildman–Crippen MR) is 79.1 cm³/mol. The summed E-state index contributed by atoms with van der Waals surface area (Å²) in [6, 6.07) is 4.00. The molecule has 0 aromatic heterocycles. The van der Waals surface area contributed by atoms with Crippen LogP contribution in [0.25, 0.3) is 0 Å². The normalized spacial score (nSPS) is 9.68. The molecular weight excluding hydrogens is 262 g/mol. The molecule has 0 aliphatic rings. The molecule has 6 heteroatoms. The van der Waals surface area contributed by atoms with E-state index in [1.165, 1.54) is 0 Å². The number of ether oxygens (including phenoxy) is 1. The number of thiocarbonyl (C=S) groups is 1. The van der Waals surface area contributed by atoms with Crippen LogP contribution in [-0.2, 0) is 4.79 Å². The molecule has 0 heterocycles. The van der Waals surface area contributed by atoms with Crippen molar-refractivity contribution < 1.29 is 9.53 Å². The fourth-order valence-corrected chi connectivity index (χ4v) is 1.57. The van der Waals surface area contributed by atoms with Crippen molar-refractivity contribution in [2.24, 2.45) is 0 Å². The quantitative estimate of drug-likeness (QED) is 0.572. The molecule has 0 bridgehead atoms. The summed E-state index contributed by atoms with van der Waals surface area (Å²) in [6.45, 7) is 5.91. The molecule has 104 valence electrons. The van der Waals surface area contributed by atoms with E-state index in [1.807, 2.05) is 26.8 Å². The predicted octanol–water partition coefficient (Wildman–Crippen LogP) is 1.12. The van der Waals surface area contributed by atoms with Gasteiger partial charge < -0.3 is 10.1 Å². The Bertz CT molecular complexity index is 489. The van der Waals surface area contributed by atoms with Crippen molar-refractivity contribution in [3.05, 3.63) is 28.8 Å². The third kappa shape index (κ3) is 4.75. The average molecular weight is 281 g/mol. The van der Waals surface area contributed by atoms with E-state index in [4.69, 9.17) is 17.0 Å². The van der Waals surface area contributed by atoms with Gasteiger partial charge in [0.05, 0.1) is 0 Å². The van der Waals surface area contributed by atoms with Crippen molar-refractivity contribution in [1.29, 1.82) is 0 Å². The molecule has 19 heavy (non-hydrogen) atoms. The number of hydrogen-bond donors (Lipinski definition) is 3. The molecule has 1 rings (SSSR count). The molecule has 3 N–H and O–H groups in total. The number of carbonyl (C=O) groups is 1. The topological polar surface area (TPSA) is 62.4 Å². The molecule has 0 atom stereocenters. The standard InChI is InChI=1S/C13H19N3O2S/c1-8-5-9(2)10(3)11(6-8)18-7-12(17)15-16-13(19)14-4/h5-6H,7H2,1-4H3,(H,15,17)(H2,14,16,19). The number of carbonyl (C=O) groups excluding carboxylic acids is 1. The largest absolute Gasteiger partial charge is 0.483 e. The number of benzene rings is 1. The van der Waals surface area contributed by atoms with Gasteiger partial charge in [0.1, 0.15) is 5.75 Å². The SMILES string of the molecule is CNC(=S)NNC(=O)COc1cc(C)cc(C)c1C. The van der Waals surface area contributed by atoms with Crippen LogP contribution in [0.2, 0.25) is 0 Å². The maximum Gasteiger partial charge on any atom is 0.276 e. The molecule has 1 aromatic carbocycles. The molecular formula is C13H19N3O2S. The van der Waals surface area contributed by atoms with E-state index >= 15 is 0 Å². The Morgan fingerprint density at radius 3 is 2.58 bits per heavy atom. The van der Waals surface area contributed by atoms with Crippen LogP contribution in [0.5, 0.6) is 5.75 Å². The Balaban J connectivity index is 2.53. The van der Waals surface area contributed by atoms with Crippen LogP contribution in [0.15, 0.2) is 12.1 Å². The summed E-state index contributed by atoms with van der Waals surface area (Å²) in [4.78, 5) is 11.5. The van der Waals surface area contributed by atoms with Crippen molar-refractivity contribution in [2.75, 3.05) is 13.7 Å². The number of aryl methyl sites for hydroxylation is 2. The zero-order valence-corrected chi connectivity index (χ0v) is 12.4. The van der Waals surface area contributed by atoms with Crippen molar-refractivity contribution in [3.8, 4) is 5.75 Å². The minimum atomic E-state index is -0.295. The van der Waals surface area contributed by atoms with E-state index in [9.17, 15) is 4.79 Å². The summed E-state index contributed by atoms with van der Waals surface area (Å²) in [5, 5.41) is 3.03. The molecule has 0 fully saturated rings. The monoisotopic (exact) mass is 281 g/mol. The number of rotatable bonds is 3. The van der Waals surface area contributed by atoms with E-state index in [0.29, 0.717) is 5.11 Å². The third-order valence-corrected chi connectivity index (χ3v) is 2.97. The molecule has 1 amide bonds. The molecule has 0 unspecified atom stereocenters. The molecule has 0 aliphatic heterocycles. The Hall–Kier alpha value is -1.82. The van der Waals surface area contributed by atoms with Crippen LogP contribution in [0, 0.1) is 20.8 Å². The van der Waals surface area contributed by atoms with Crippen LogP contribution in [0.3, 0.4) is 0 Å². The van der Waals surface area contributed by atoms with Crippen molar-refractivity contribution >= 4 is 23.2 Å². The fraction of sp³-hybridized carbons (Fsp3) is 0.385. The van der Waals surface area contributed by atoms with Gasteiger partial charge in [0.25, 0.3) is 5.91 Å². The minimum Gasteiger partial charge on any atom is -0.483 e. The van der Waals surface area contributed by atoms with E-state index in [0.717, 1.165) is 22.4 Å². The lowest BCUT2D eigenvalue weighted by Crippen LogP contribution is -2.47. The van der Waals surface area contributed by atoms with Gasteiger partial charge in [-0.1, -0.05) is 6.07 Å². The Labute approximate surface area is 118 Å². The molecule has 0 radical (unpaired) electrons. The molecule has 0 saturated heterocycles. The first kappa shape index (κ1) is 15.2. The highest BCUT2D eigenvalue weighted by molar-refractivity contribution is 7.80. The second-order valence-electron chi connectivity index (χ2n) is 4.25. The van der Waals surface area contributed by atoms with Gasteiger partial charge in [-0.2, -0.15) is 0 Å². The first-order valence-corrected chi connectivity index (χ1v) is 6.32. The second-order valence-corrected chi connectivity index (χ2v) is 4.65. The van der Waals surface area contributed by atoms with Crippen LogP contribution < -0.4 is 20.9 Å². The Kier molecular flexibility index (Phi) is 5.57. The highest BCUT2D eigenvalue weighted by Gasteiger charge is 2.07. The average Bonchev–Trinajstić information content (AvgIpc) is 2.38. The number of amides is 1. The first-order valence-electron chi connectivity index (χ1n) is 5.91. The van der Waals surface area contributed by atoms with Crippen LogP contribution >= 0.6 is 12.2 Å². The van der Waals surface area contributed by atoms with Crippen molar-refractivity contribution in [3.63, 3.8) is 0 Å². The minimum absolute atomic E-state index is 0.0664. The van der Waals surface area contributed by atoms with Gasteiger partial charge in [-0.05, 0) is 55.7 Å². The molecule has 0 aliphatic carbocycles. The molecule has 0 spiro atoms. The van der Waals surface area contributed by atoms with Crippen molar-refractivity contribution in [1.82, 2.24) is 16.2 Å². The van der Waals surface area contributed by atoms with E-state index in [2.05, 4.69) is 22.2 Å². The summed E-state index contributed by atoms with van der Waals surface area (Å²) in [7, 11) is 1.66. The summed E-state index contributed by atoms with van der Waals surface area (Å²) in [5.41, 5.74) is 8.27. The van der Waals surface area contributed by atoms with Crippen LogP contribution in [0.4, 0.5) is 0 Å². The summed E-state index contributed by atoms with van der Waals surface area (Å²) in [6.07, 6.45) is 0. The molecule has 0 saturated carbocycles. The summed E-state index contributed by atoms with van der Waals surface area (Å²) < 4.78 is 5.51. The fourth-order valence-electron chi connectivity index (χ4n) is 1.52. The lowest BCUT2D eigenvalue weighted by atomic mass is 10.1. The summed E-state index contributed by atoms with van der Waals surface area (Å²) >= 11 is 4.83. The smallest absolute Gasteiger partial charge is 0.276 e. The van der Waals surface area contributed by atoms with Crippen molar-refractivity contribution in [2.45, 2.75) is 20.8 Å². The van der Waals surface area contributed by atoms with Gasteiger partial charge in [0, 0.05) is 7.05 Å². The van der Waals surface area contributed by atoms with Crippen LogP contribution in [-0.4, -0.2) is 24.7 Å². The highest BCUT2D eigenvalue weighted by Crippen LogP contribution is 2.22. The number of nitrogens with one attached hydrogen (secondary N) is 3. The van der Waals surface area contributed by atoms with Gasteiger partial charge in [-0.15, -0.1) is 0 Å². The number of hydrazine groups is 1. The van der Waals surface area contributed by atoms with Gasteiger partial charge in [-0.25, -0.2) is 0 Å². The van der Waals surface area contributed by atoms with Crippen LogP contribution in [0.1, 0.15) is 16.7 Å². The zero-order valence-electron chi connectivity index (χ0n) is 11.6. The van der Waals surface area contributed by atoms with Gasteiger partial charge in [-0.3, -0.25) is 15.6 Å². The third-order valence-electron chi connectivity index (χ3n) is 2.67. The lowest BCUT2D eigenvalue weighted by molar-refractivity contribution is -0.123. The van der Waals surface area contributed by atoms with E-state index in [1.54, 1.807) is 7.05 Å². The second kappa shape index (κ2) is 6.94. The Morgan fingerprint density at radius 1 is 1.26 bits per heavy atom. The lowest BCUT2D eigenvalue weighted by Gasteiger charge is -2.13. The van der Waals surface area contributed by atoms with Gasteiger partial charge in [0.2, 0.25) is 0 Å². The van der Waals surface area contributed by atoms with Gasteiger partial charge >= 0.3 is 0 Å². The maximum absolute atomic E-state index is 11.5. The highest BCUT2D eigenvalue weighted by atomic mass is 32.1. The zero-order chi connectivity index (χ0) is 14.4. The molecule has 1 aromatic rings. The van der Waals surface area contributed by atoms with Gasteiger partial charge in [0.15, 0.2) is 11.7 Å². The van der Waals surface area contributed by atoms with E-state index < -0.39 is 0 Å². The molecule has 5 nitrogen and oxygen atoms in total. The number of hydrogen-bond acceptors (Lipinski definition) is 3. The summed E-state index contributed by atoms with van der Waals surface area (Å²) in [5.74, 6) is 0.431.